The van der Waals surface area contributed by atoms with Crippen LogP contribution in [0.15, 0.2) is 6.07 Å². The summed E-state index contributed by atoms with van der Waals surface area (Å²) in [5.74, 6) is 1.07. The Balaban J connectivity index is 2.13. The molecule has 0 aliphatic heterocycles. The maximum atomic E-state index is 9.22. The number of aryl methyl sites for hydroxylation is 2. The standard InChI is InChI=1S/C15H21N3O/c1-11(6-7-19)10-17-15-13(9-16)8-12-4-2-3-5-14(12)18-15/h8,11,19H,2-7,10H2,1H3,(H,17,18). The number of fused-ring (bicyclic) bond motifs is 1. The van der Waals surface area contributed by atoms with Crippen molar-refractivity contribution in [3.63, 3.8) is 0 Å². The van der Waals surface area contributed by atoms with Gasteiger partial charge in [-0.05, 0) is 49.7 Å². The summed E-state index contributed by atoms with van der Waals surface area (Å²) in [7, 11) is 0. The first-order chi connectivity index (χ1) is 9.24. The lowest BCUT2D eigenvalue weighted by molar-refractivity contribution is 0.266. The molecule has 0 bridgehead atoms. The van der Waals surface area contributed by atoms with E-state index >= 15 is 0 Å². The van der Waals surface area contributed by atoms with Crippen LogP contribution in [0.25, 0.3) is 0 Å². The lowest BCUT2D eigenvalue weighted by Gasteiger charge is -2.18. The number of nitrogens with one attached hydrogen (secondary N) is 1. The molecule has 1 aromatic rings. The van der Waals surface area contributed by atoms with E-state index in [9.17, 15) is 5.26 Å². The van der Waals surface area contributed by atoms with Crippen LogP contribution in [0.2, 0.25) is 0 Å². The van der Waals surface area contributed by atoms with Gasteiger partial charge in [-0.25, -0.2) is 4.98 Å². The topological polar surface area (TPSA) is 68.9 Å². The van der Waals surface area contributed by atoms with Gasteiger partial charge in [0.1, 0.15) is 11.9 Å². The summed E-state index contributed by atoms with van der Waals surface area (Å²) >= 11 is 0. The summed E-state index contributed by atoms with van der Waals surface area (Å²) < 4.78 is 0. The van der Waals surface area contributed by atoms with E-state index in [4.69, 9.17) is 5.11 Å². The van der Waals surface area contributed by atoms with Crippen molar-refractivity contribution in [3.8, 4) is 6.07 Å². The molecule has 1 aromatic heterocycles. The first kappa shape index (κ1) is 13.8. The molecule has 0 amide bonds. The molecule has 0 aromatic carbocycles. The molecule has 1 unspecified atom stereocenters. The summed E-state index contributed by atoms with van der Waals surface area (Å²) in [6.45, 7) is 3.01. The quantitative estimate of drug-likeness (QED) is 0.851. The van der Waals surface area contributed by atoms with Gasteiger partial charge in [-0.1, -0.05) is 6.92 Å². The van der Waals surface area contributed by atoms with E-state index in [0.717, 1.165) is 31.5 Å². The van der Waals surface area contributed by atoms with Crippen LogP contribution in [0.4, 0.5) is 5.82 Å². The van der Waals surface area contributed by atoms with E-state index in [1.165, 1.54) is 18.4 Å². The van der Waals surface area contributed by atoms with Crippen LogP contribution in [0.1, 0.15) is 43.0 Å². The zero-order valence-corrected chi connectivity index (χ0v) is 11.4. The normalized spacial score (nSPS) is 15.4. The molecule has 1 heterocycles. The third kappa shape index (κ3) is 3.45. The maximum Gasteiger partial charge on any atom is 0.144 e. The third-order valence-corrected chi connectivity index (χ3v) is 3.66. The Morgan fingerprint density at radius 2 is 2.26 bits per heavy atom. The van der Waals surface area contributed by atoms with Crippen LogP contribution < -0.4 is 5.32 Å². The van der Waals surface area contributed by atoms with Crippen LogP contribution in [-0.2, 0) is 12.8 Å². The summed E-state index contributed by atoms with van der Waals surface area (Å²) in [4.78, 5) is 4.62. The SMILES string of the molecule is CC(CCO)CNc1nc2c(cc1C#N)CCCC2. The van der Waals surface area contributed by atoms with Gasteiger partial charge in [0.25, 0.3) is 0 Å². The Bertz CT molecular complexity index is 479. The summed E-state index contributed by atoms with van der Waals surface area (Å²) in [5, 5.41) is 21.4. The van der Waals surface area contributed by atoms with Gasteiger partial charge in [-0.2, -0.15) is 5.26 Å². The molecule has 102 valence electrons. The van der Waals surface area contributed by atoms with Gasteiger partial charge in [0.15, 0.2) is 0 Å². The Kier molecular flexibility index (Phi) is 4.75. The van der Waals surface area contributed by atoms with E-state index in [2.05, 4.69) is 23.3 Å². The van der Waals surface area contributed by atoms with Gasteiger partial charge in [0.05, 0.1) is 5.56 Å². The Morgan fingerprint density at radius 1 is 1.47 bits per heavy atom. The second-order valence-electron chi connectivity index (χ2n) is 5.31. The van der Waals surface area contributed by atoms with Crippen LogP contribution in [-0.4, -0.2) is 23.2 Å². The van der Waals surface area contributed by atoms with Crippen molar-refractivity contribution in [2.75, 3.05) is 18.5 Å². The van der Waals surface area contributed by atoms with Gasteiger partial charge in [0.2, 0.25) is 0 Å². The second-order valence-corrected chi connectivity index (χ2v) is 5.31. The van der Waals surface area contributed by atoms with E-state index in [-0.39, 0.29) is 6.61 Å². The van der Waals surface area contributed by atoms with Crippen molar-refractivity contribution in [1.29, 1.82) is 5.26 Å². The summed E-state index contributed by atoms with van der Waals surface area (Å²) in [6.07, 6.45) is 5.20. The number of hydrogen-bond donors (Lipinski definition) is 2. The highest BCUT2D eigenvalue weighted by atomic mass is 16.3. The minimum atomic E-state index is 0.200. The smallest absolute Gasteiger partial charge is 0.144 e. The number of pyridine rings is 1. The zero-order valence-electron chi connectivity index (χ0n) is 11.4. The highest BCUT2D eigenvalue weighted by Gasteiger charge is 2.15. The molecular formula is C15H21N3O. The predicted molar refractivity (Wildman–Crippen MR) is 75.0 cm³/mol. The molecule has 0 fully saturated rings. The van der Waals surface area contributed by atoms with Crippen molar-refractivity contribution in [2.45, 2.75) is 39.0 Å². The van der Waals surface area contributed by atoms with E-state index < -0.39 is 0 Å². The van der Waals surface area contributed by atoms with Gasteiger partial charge in [0, 0.05) is 18.8 Å². The summed E-state index contributed by atoms with van der Waals surface area (Å²) in [5.41, 5.74) is 3.01. The minimum absolute atomic E-state index is 0.200. The van der Waals surface area contributed by atoms with Gasteiger partial charge < -0.3 is 10.4 Å². The zero-order chi connectivity index (χ0) is 13.7. The van der Waals surface area contributed by atoms with Gasteiger partial charge >= 0.3 is 0 Å². The first-order valence-electron chi connectivity index (χ1n) is 7.02. The largest absolute Gasteiger partial charge is 0.396 e. The van der Waals surface area contributed by atoms with Crippen LogP contribution in [0.3, 0.4) is 0 Å². The van der Waals surface area contributed by atoms with Crippen molar-refractivity contribution >= 4 is 5.82 Å². The summed E-state index contributed by atoms with van der Waals surface area (Å²) in [6, 6.07) is 4.21. The van der Waals surface area contributed by atoms with Gasteiger partial charge in [-0.3, -0.25) is 0 Å². The van der Waals surface area contributed by atoms with Crippen LogP contribution in [0, 0.1) is 17.2 Å². The number of nitrogens with zero attached hydrogens (tertiary/aromatic N) is 2. The fraction of sp³-hybridized carbons (Fsp3) is 0.600. The first-order valence-corrected chi connectivity index (χ1v) is 7.02. The molecule has 2 N–H and O–H groups in total. The molecule has 4 nitrogen and oxygen atoms in total. The number of nitriles is 1. The molecule has 1 aliphatic carbocycles. The number of aliphatic hydroxyl groups excluding tert-OH is 1. The lowest BCUT2D eigenvalue weighted by Crippen LogP contribution is -2.16. The maximum absolute atomic E-state index is 9.22. The monoisotopic (exact) mass is 259 g/mol. The fourth-order valence-corrected chi connectivity index (χ4v) is 2.45. The Morgan fingerprint density at radius 3 is 3.00 bits per heavy atom. The van der Waals surface area contributed by atoms with Crippen LogP contribution >= 0.6 is 0 Å². The molecule has 0 saturated heterocycles. The molecule has 0 radical (unpaired) electrons. The van der Waals surface area contributed by atoms with Crippen molar-refractivity contribution in [2.24, 2.45) is 5.92 Å². The second kappa shape index (κ2) is 6.53. The lowest BCUT2D eigenvalue weighted by atomic mass is 9.95. The number of rotatable bonds is 5. The molecule has 1 aliphatic rings. The number of aromatic nitrogens is 1. The molecular weight excluding hydrogens is 238 g/mol. The van der Waals surface area contributed by atoms with Crippen molar-refractivity contribution in [3.05, 3.63) is 22.9 Å². The molecule has 0 saturated carbocycles. The molecule has 2 rings (SSSR count). The minimum Gasteiger partial charge on any atom is -0.396 e. The highest BCUT2D eigenvalue weighted by Crippen LogP contribution is 2.24. The Hall–Kier alpha value is -1.60. The van der Waals surface area contributed by atoms with Crippen LogP contribution in [0.5, 0.6) is 0 Å². The number of hydrogen-bond acceptors (Lipinski definition) is 4. The predicted octanol–water partition coefficient (Wildman–Crippen LogP) is 2.26. The van der Waals surface area contributed by atoms with E-state index in [1.54, 1.807) is 0 Å². The molecule has 1 atom stereocenters. The molecule has 19 heavy (non-hydrogen) atoms. The third-order valence-electron chi connectivity index (χ3n) is 3.66. The average Bonchev–Trinajstić information content (AvgIpc) is 2.44. The van der Waals surface area contributed by atoms with Crippen molar-refractivity contribution in [1.82, 2.24) is 4.98 Å². The van der Waals surface area contributed by atoms with Crippen molar-refractivity contribution < 1.29 is 5.11 Å². The Labute approximate surface area is 114 Å². The van der Waals surface area contributed by atoms with Gasteiger partial charge in [-0.15, -0.1) is 0 Å². The molecule has 4 heteroatoms. The molecule has 0 spiro atoms. The number of aliphatic hydroxyl groups is 1. The highest BCUT2D eigenvalue weighted by molar-refractivity contribution is 5.54. The number of anilines is 1. The fourth-order valence-electron chi connectivity index (χ4n) is 2.45. The average molecular weight is 259 g/mol. The van der Waals surface area contributed by atoms with E-state index in [1.807, 2.05) is 6.07 Å². The van der Waals surface area contributed by atoms with E-state index in [0.29, 0.717) is 17.3 Å².